The summed E-state index contributed by atoms with van der Waals surface area (Å²) in [5, 5.41) is 0.760. The second-order valence-electron chi connectivity index (χ2n) is 4.18. The van der Waals surface area contributed by atoms with Crippen molar-refractivity contribution >= 4 is 43.5 Å². The molecule has 1 atom stereocenters. The molecule has 100 valence electrons. The zero-order valence-corrected chi connectivity index (χ0v) is 14.3. The zero-order valence-electron chi connectivity index (χ0n) is 10.4. The van der Waals surface area contributed by atoms with E-state index in [4.69, 9.17) is 16.3 Å². The minimum atomic E-state index is 0.205. The normalized spacial score (nSPS) is 12.2. The third-order valence-electron chi connectivity index (χ3n) is 2.86. The van der Waals surface area contributed by atoms with Crippen LogP contribution in [0.25, 0.3) is 0 Å². The van der Waals surface area contributed by atoms with Gasteiger partial charge in [0.1, 0.15) is 5.75 Å². The summed E-state index contributed by atoms with van der Waals surface area (Å²) in [7, 11) is 1.69. The molecule has 2 aromatic carbocycles. The van der Waals surface area contributed by atoms with Crippen molar-refractivity contribution in [2.75, 3.05) is 7.11 Å². The lowest BCUT2D eigenvalue weighted by atomic mass is 10.0. The molecule has 2 rings (SSSR count). The number of rotatable bonds is 4. The Balaban J connectivity index is 2.19. The summed E-state index contributed by atoms with van der Waals surface area (Å²) in [6.07, 6.45) is 0.884. The summed E-state index contributed by atoms with van der Waals surface area (Å²) in [5.74, 6) is 0.880. The predicted octanol–water partition coefficient (Wildman–Crippen LogP) is 5.79. The molecule has 0 spiro atoms. The third kappa shape index (κ3) is 3.98. The molecule has 1 unspecified atom stereocenters. The number of ether oxygens (including phenoxy) is 1. The molecule has 0 N–H and O–H groups in total. The third-order valence-corrected chi connectivity index (χ3v) is 4.42. The topological polar surface area (TPSA) is 9.23 Å². The lowest BCUT2D eigenvalue weighted by Gasteiger charge is -2.15. The van der Waals surface area contributed by atoms with Crippen LogP contribution in [0.15, 0.2) is 46.9 Å². The van der Waals surface area contributed by atoms with Gasteiger partial charge in [-0.1, -0.05) is 61.7 Å². The van der Waals surface area contributed by atoms with Crippen LogP contribution < -0.4 is 4.74 Å². The van der Waals surface area contributed by atoms with E-state index in [1.165, 1.54) is 5.56 Å². The van der Waals surface area contributed by atoms with Gasteiger partial charge in [0.05, 0.1) is 7.11 Å². The Morgan fingerprint density at radius 2 is 1.84 bits per heavy atom. The van der Waals surface area contributed by atoms with Crippen molar-refractivity contribution in [2.24, 2.45) is 0 Å². The minimum Gasteiger partial charge on any atom is -0.496 e. The molecule has 2 aromatic rings. The average Bonchev–Trinajstić information content (AvgIpc) is 2.41. The first-order valence-corrected chi connectivity index (χ1v) is 7.91. The molecule has 0 saturated carbocycles. The summed E-state index contributed by atoms with van der Waals surface area (Å²) in [6.45, 7) is 0. The van der Waals surface area contributed by atoms with Gasteiger partial charge in [-0.2, -0.15) is 0 Å². The van der Waals surface area contributed by atoms with Crippen molar-refractivity contribution in [1.82, 2.24) is 0 Å². The molecule has 0 heterocycles. The van der Waals surface area contributed by atoms with E-state index < -0.39 is 0 Å². The first kappa shape index (κ1) is 14.9. The van der Waals surface area contributed by atoms with Crippen molar-refractivity contribution in [3.63, 3.8) is 0 Å². The Kier molecular flexibility index (Phi) is 5.31. The van der Waals surface area contributed by atoms with E-state index in [0.29, 0.717) is 0 Å². The largest absolute Gasteiger partial charge is 0.496 e. The van der Waals surface area contributed by atoms with Crippen LogP contribution in [-0.2, 0) is 6.42 Å². The van der Waals surface area contributed by atoms with Crippen LogP contribution in [0.5, 0.6) is 5.75 Å². The molecule has 0 aliphatic rings. The van der Waals surface area contributed by atoms with Gasteiger partial charge >= 0.3 is 0 Å². The summed E-state index contributed by atoms with van der Waals surface area (Å²) >= 11 is 13.1. The Bertz CT molecular complexity index is 555. The summed E-state index contributed by atoms with van der Waals surface area (Å²) in [4.78, 5) is 0.205. The van der Waals surface area contributed by atoms with Gasteiger partial charge in [-0.15, -0.1) is 0 Å². The Hall–Kier alpha value is -0.510. The van der Waals surface area contributed by atoms with Crippen molar-refractivity contribution in [3.8, 4) is 5.75 Å². The van der Waals surface area contributed by atoms with E-state index >= 15 is 0 Å². The van der Waals surface area contributed by atoms with Crippen LogP contribution >= 0.6 is 43.5 Å². The van der Waals surface area contributed by atoms with Crippen molar-refractivity contribution in [1.29, 1.82) is 0 Å². The number of methoxy groups -OCH3 is 1. The molecule has 0 bridgehead atoms. The monoisotopic (exact) mass is 402 g/mol. The summed E-state index contributed by atoms with van der Waals surface area (Å²) < 4.78 is 6.44. The van der Waals surface area contributed by atoms with Crippen molar-refractivity contribution in [3.05, 3.63) is 63.1 Å². The highest BCUT2D eigenvalue weighted by Gasteiger charge is 2.14. The molecule has 0 saturated heterocycles. The van der Waals surface area contributed by atoms with E-state index in [0.717, 1.165) is 27.2 Å². The van der Waals surface area contributed by atoms with Crippen molar-refractivity contribution < 1.29 is 4.74 Å². The van der Waals surface area contributed by atoms with E-state index in [9.17, 15) is 0 Å². The zero-order chi connectivity index (χ0) is 13.8. The van der Waals surface area contributed by atoms with Gasteiger partial charge < -0.3 is 4.74 Å². The van der Waals surface area contributed by atoms with Crippen LogP contribution in [0.2, 0.25) is 5.02 Å². The molecule has 0 amide bonds. The van der Waals surface area contributed by atoms with E-state index in [1.807, 2.05) is 36.4 Å². The second-order valence-corrected chi connectivity index (χ2v) is 6.64. The summed E-state index contributed by atoms with van der Waals surface area (Å²) in [5.41, 5.74) is 2.37. The van der Waals surface area contributed by atoms with Gasteiger partial charge in [0, 0.05) is 19.9 Å². The number of hydrogen-bond donors (Lipinski definition) is 0. The maximum atomic E-state index is 5.89. The van der Waals surface area contributed by atoms with Crippen LogP contribution in [-0.4, -0.2) is 7.11 Å². The smallest absolute Gasteiger partial charge is 0.124 e. The van der Waals surface area contributed by atoms with Crippen LogP contribution in [0, 0.1) is 0 Å². The Labute approximate surface area is 135 Å². The fraction of sp³-hybridized carbons (Fsp3) is 0.200. The van der Waals surface area contributed by atoms with Gasteiger partial charge in [-0.05, 0) is 36.2 Å². The quantitative estimate of drug-likeness (QED) is 0.586. The highest BCUT2D eigenvalue weighted by Crippen LogP contribution is 2.35. The Morgan fingerprint density at radius 3 is 2.47 bits per heavy atom. The van der Waals surface area contributed by atoms with Gasteiger partial charge in [0.15, 0.2) is 0 Å². The molecular weight excluding hydrogens is 391 g/mol. The number of alkyl halides is 1. The molecule has 0 aromatic heterocycles. The second kappa shape index (κ2) is 6.78. The van der Waals surface area contributed by atoms with Gasteiger partial charge in [-0.25, -0.2) is 0 Å². The fourth-order valence-corrected chi connectivity index (χ4v) is 3.10. The Morgan fingerprint density at radius 1 is 1.16 bits per heavy atom. The highest BCUT2D eigenvalue weighted by molar-refractivity contribution is 9.10. The SMILES string of the molecule is COc1cc(Br)ccc1C(Br)Cc1ccc(Cl)cc1. The van der Waals surface area contributed by atoms with Crippen LogP contribution in [0.1, 0.15) is 16.0 Å². The van der Waals surface area contributed by atoms with E-state index in [-0.39, 0.29) is 4.83 Å². The first-order chi connectivity index (χ1) is 9.10. The lowest BCUT2D eigenvalue weighted by molar-refractivity contribution is 0.409. The van der Waals surface area contributed by atoms with Crippen molar-refractivity contribution in [2.45, 2.75) is 11.2 Å². The first-order valence-electron chi connectivity index (χ1n) is 5.82. The highest BCUT2D eigenvalue weighted by atomic mass is 79.9. The van der Waals surface area contributed by atoms with Gasteiger partial charge in [0.2, 0.25) is 0 Å². The fourth-order valence-electron chi connectivity index (χ4n) is 1.88. The average molecular weight is 405 g/mol. The molecule has 4 heteroatoms. The molecule has 19 heavy (non-hydrogen) atoms. The van der Waals surface area contributed by atoms with Crippen LogP contribution in [0.4, 0.5) is 0 Å². The number of halogens is 3. The van der Waals surface area contributed by atoms with E-state index in [1.54, 1.807) is 7.11 Å². The number of benzene rings is 2. The maximum Gasteiger partial charge on any atom is 0.124 e. The lowest BCUT2D eigenvalue weighted by Crippen LogP contribution is -1.99. The number of hydrogen-bond acceptors (Lipinski definition) is 1. The van der Waals surface area contributed by atoms with Crippen LogP contribution in [0.3, 0.4) is 0 Å². The van der Waals surface area contributed by atoms with Gasteiger partial charge in [-0.3, -0.25) is 0 Å². The van der Waals surface area contributed by atoms with E-state index in [2.05, 4.69) is 37.9 Å². The maximum absolute atomic E-state index is 5.89. The van der Waals surface area contributed by atoms with Gasteiger partial charge in [0.25, 0.3) is 0 Å². The standard InChI is InChI=1S/C15H13Br2ClO/c1-19-15-9-11(16)4-7-13(15)14(17)8-10-2-5-12(18)6-3-10/h2-7,9,14H,8H2,1H3. The molecule has 0 aliphatic carbocycles. The summed E-state index contributed by atoms with van der Waals surface area (Å²) in [6, 6.07) is 14.0. The predicted molar refractivity (Wildman–Crippen MR) is 87.5 cm³/mol. The molecule has 1 nitrogen and oxygen atoms in total. The minimum absolute atomic E-state index is 0.205. The molecule has 0 aliphatic heterocycles. The molecule has 0 fully saturated rings. The molecule has 0 radical (unpaired) electrons. The molecular formula is C15H13Br2ClO.